The molecule has 3 aromatic carbocycles. The molecule has 0 aliphatic rings. The number of hydrogen-bond acceptors (Lipinski definition) is 4. The predicted molar refractivity (Wildman–Crippen MR) is 111 cm³/mol. The lowest BCUT2D eigenvalue weighted by atomic mass is 10.0. The van der Waals surface area contributed by atoms with Gasteiger partial charge >= 0.3 is 0 Å². The molecule has 1 atom stereocenters. The van der Waals surface area contributed by atoms with Crippen LogP contribution in [0.3, 0.4) is 0 Å². The number of non-ortho nitro benzene ring substituents is 1. The molecule has 7 heteroatoms. The van der Waals surface area contributed by atoms with Gasteiger partial charge in [0.15, 0.2) is 0 Å². The van der Waals surface area contributed by atoms with Crippen molar-refractivity contribution in [3.8, 4) is 11.1 Å². The number of rotatable bonds is 6. The van der Waals surface area contributed by atoms with E-state index in [1.165, 1.54) is 24.3 Å². The first-order chi connectivity index (χ1) is 14.0. The molecule has 7 nitrogen and oxygen atoms in total. The molecule has 0 aromatic heterocycles. The first kappa shape index (κ1) is 19.8. The van der Waals surface area contributed by atoms with Crippen LogP contribution in [0.1, 0.15) is 17.3 Å². The number of para-hydroxylation sites is 1. The van der Waals surface area contributed by atoms with Gasteiger partial charge < -0.3 is 10.6 Å². The number of carbonyl (C=O) groups excluding carboxylic acids is 2. The Morgan fingerprint density at radius 2 is 1.62 bits per heavy atom. The zero-order valence-corrected chi connectivity index (χ0v) is 15.7. The third kappa shape index (κ3) is 4.84. The first-order valence-electron chi connectivity index (χ1n) is 8.96. The van der Waals surface area contributed by atoms with E-state index in [4.69, 9.17) is 0 Å². The number of anilines is 1. The molecule has 0 radical (unpaired) electrons. The van der Waals surface area contributed by atoms with Gasteiger partial charge in [-0.15, -0.1) is 0 Å². The standard InChI is InChI=1S/C22H19N3O4/c1-15(23-22(27)17-10-7-11-18(14-17)25(28)29)21(26)24-20-13-6-5-12-19(20)16-8-3-2-4-9-16/h2-15H,1H3,(H,23,27)(H,24,26). The Bertz CT molecular complexity index is 1050. The molecule has 146 valence electrons. The molecule has 2 N–H and O–H groups in total. The van der Waals surface area contributed by atoms with E-state index in [2.05, 4.69) is 10.6 Å². The van der Waals surface area contributed by atoms with Crippen LogP contribution in [0.5, 0.6) is 0 Å². The van der Waals surface area contributed by atoms with Gasteiger partial charge in [0.05, 0.1) is 4.92 Å². The quantitative estimate of drug-likeness (QED) is 0.491. The highest BCUT2D eigenvalue weighted by Gasteiger charge is 2.19. The van der Waals surface area contributed by atoms with Gasteiger partial charge in [0.2, 0.25) is 5.91 Å². The maximum Gasteiger partial charge on any atom is 0.270 e. The molecule has 0 aliphatic heterocycles. The Kier molecular flexibility index (Phi) is 5.99. The molecule has 3 rings (SSSR count). The second kappa shape index (κ2) is 8.79. The summed E-state index contributed by atoms with van der Waals surface area (Å²) in [6.07, 6.45) is 0. The zero-order valence-electron chi connectivity index (χ0n) is 15.7. The van der Waals surface area contributed by atoms with Crippen molar-refractivity contribution in [2.24, 2.45) is 0 Å². The summed E-state index contributed by atoms with van der Waals surface area (Å²) in [5.74, 6) is -0.958. The second-order valence-electron chi connectivity index (χ2n) is 6.40. The van der Waals surface area contributed by atoms with Gasteiger partial charge in [-0.05, 0) is 24.6 Å². The zero-order chi connectivity index (χ0) is 20.8. The lowest BCUT2D eigenvalue weighted by Gasteiger charge is -2.16. The summed E-state index contributed by atoms with van der Waals surface area (Å²) in [5, 5.41) is 16.3. The number of carbonyl (C=O) groups is 2. The van der Waals surface area contributed by atoms with Crippen LogP contribution in [0, 0.1) is 10.1 Å². The van der Waals surface area contributed by atoms with Crippen LogP contribution in [-0.4, -0.2) is 22.8 Å². The first-order valence-corrected chi connectivity index (χ1v) is 8.96. The minimum absolute atomic E-state index is 0.114. The highest BCUT2D eigenvalue weighted by atomic mass is 16.6. The van der Waals surface area contributed by atoms with E-state index < -0.39 is 22.8 Å². The van der Waals surface area contributed by atoms with Crippen molar-refractivity contribution in [1.29, 1.82) is 0 Å². The van der Waals surface area contributed by atoms with Crippen molar-refractivity contribution >= 4 is 23.2 Å². The monoisotopic (exact) mass is 389 g/mol. The van der Waals surface area contributed by atoms with Gasteiger partial charge in [0.25, 0.3) is 11.6 Å². The molecule has 29 heavy (non-hydrogen) atoms. The van der Waals surface area contributed by atoms with E-state index in [0.29, 0.717) is 5.69 Å². The lowest BCUT2D eigenvalue weighted by molar-refractivity contribution is -0.384. The number of amides is 2. The van der Waals surface area contributed by atoms with Gasteiger partial charge in [-0.1, -0.05) is 54.6 Å². The average Bonchev–Trinajstić information content (AvgIpc) is 2.74. The summed E-state index contributed by atoms with van der Waals surface area (Å²) < 4.78 is 0. The minimum Gasteiger partial charge on any atom is -0.341 e. The van der Waals surface area contributed by atoms with E-state index in [0.717, 1.165) is 11.1 Å². The van der Waals surface area contributed by atoms with Crippen molar-refractivity contribution in [3.63, 3.8) is 0 Å². The van der Waals surface area contributed by atoms with E-state index in [1.807, 2.05) is 48.5 Å². The number of nitrogens with one attached hydrogen (secondary N) is 2. The van der Waals surface area contributed by atoms with Crippen molar-refractivity contribution < 1.29 is 14.5 Å². The molecule has 2 amide bonds. The van der Waals surface area contributed by atoms with Gasteiger partial charge in [-0.3, -0.25) is 19.7 Å². The fraction of sp³-hybridized carbons (Fsp3) is 0.0909. The third-order valence-electron chi connectivity index (χ3n) is 4.33. The summed E-state index contributed by atoms with van der Waals surface area (Å²) in [4.78, 5) is 35.3. The molecule has 0 aliphatic carbocycles. The summed E-state index contributed by atoms with van der Waals surface area (Å²) >= 11 is 0. The highest BCUT2D eigenvalue weighted by molar-refractivity contribution is 6.02. The Morgan fingerprint density at radius 3 is 2.34 bits per heavy atom. The molecule has 0 bridgehead atoms. The average molecular weight is 389 g/mol. The predicted octanol–water partition coefficient (Wildman–Crippen LogP) is 4.02. The van der Waals surface area contributed by atoms with Crippen molar-refractivity contribution in [2.45, 2.75) is 13.0 Å². The molecular formula is C22H19N3O4. The third-order valence-corrected chi connectivity index (χ3v) is 4.33. The van der Waals surface area contributed by atoms with Crippen LogP contribution < -0.4 is 10.6 Å². The van der Waals surface area contributed by atoms with E-state index in [1.54, 1.807) is 13.0 Å². The second-order valence-corrected chi connectivity index (χ2v) is 6.40. The van der Waals surface area contributed by atoms with Crippen molar-refractivity contribution in [2.75, 3.05) is 5.32 Å². The van der Waals surface area contributed by atoms with Crippen LogP contribution in [-0.2, 0) is 4.79 Å². The SMILES string of the molecule is CC(NC(=O)c1cccc([N+](=O)[O-])c1)C(=O)Nc1ccccc1-c1ccccc1. The molecule has 0 saturated carbocycles. The van der Waals surface area contributed by atoms with Crippen LogP contribution in [0.2, 0.25) is 0 Å². The van der Waals surface area contributed by atoms with Gasteiger partial charge in [0, 0.05) is 28.9 Å². The van der Waals surface area contributed by atoms with Gasteiger partial charge in [-0.25, -0.2) is 0 Å². The van der Waals surface area contributed by atoms with Crippen LogP contribution in [0.4, 0.5) is 11.4 Å². The van der Waals surface area contributed by atoms with E-state index in [-0.39, 0.29) is 11.3 Å². The topological polar surface area (TPSA) is 101 Å². The normalized spacial score (nSPS) is 11.3. The summed E-state index contributed by atoms with van der Waals surface area (Å²) in [5.41, 5.74) is 2.37. The van der Waals surface area contributed by atoms with Crippen LogP contribution >= 0.6 is 0 Å². The molecule has 1 unspecified atom stereocenters. The highest BCUT2D eigenvalue weighted by Crippen LogP contribution is 2.27. The minimum atomic E-state index is -0.842. The molecule has 0 fully saturated rings. The van der Waals surface area contributed by atoms with Crippen molar-refractivity contribution in [3.05, 3.63) is 94.5 Å². The van der Waals surface area contributed by atoms with Crippen LogP contribution in [0.25, 0.3) is 11.1 Å². The Labute approximate surface area is 167 Å². The number of nitro groups is 1. The molecule has 0 saturated heterocycles. The van der Waals surface area contributed by atoms with E-state index >= 15 is 0 Å². The number of nitrogens with zero attached hydrogens (tertiary/aromatic N) is 1. The summed E-state index contributed by atoms with van der Waals surface area (Å²) in [6.45, 7) is 1.55. The summed E-state index contributed by atoms with van der Waals surface area (Å²) in [6, 6.07) is 21.5. The Morgan fingerprint density at radius 1 is 0.931 bits per heavy atom. The number of hydrogen-bond donors (Lipinski definition) is 2. The summed E-state index contributed by atoms with van der Waals surface area (Å²) in [7, 11) is 0. The molecule has 3 aromatic rings. The molecular weight excluding hydrogens is 370 g/mol. The van der Waals surface area contributed by atoms with Crippen LogP contribution in [0.15, 0.2) is 78.9 Å². The van der Waals surface area contributed by atoms with Gasteiger partial charge in [0.1, 0.15) is 6.04 Å². The molecule has 0 heterocycles. The number of nitro benzene ring substituents is 1. The Hall–Kier alpha value is -4.00. The van der Waals surface area contributed by atoms with E-state index in [9.17, 15) is 19.7 Å². The maximum atomic E-state index is 12.6. The Balaban J connectivity index is 1.71. The fourth-order valence-corrected chi connectivity index (χ4v) is 2.81. The fourth-order valence-electron chi connectivity index (χ4n) is 2.81. The smallest absolute Gasteiger partial charge is 0.270 e. The largest absolute Gasteiger partial charge is 0.341 e. The van der Waals surface area contributed by atoms with Crippen molar-refractivity contribution in [1.82, 2.24) is 5.32 Å². The maximum absolute atomic E-state index is 12.6. The lowest BCUT2D eigenvalue weighted by Crippen LogP contribution is -2.41. The molecule has 0 spiro atoms. The van der Waals surface area contributed by atoms with Gasteiger partial charge in [-0.2, -0.15) is 0 Å². The number of benzene rings is 3.